The van der Waals surface area contributed by atoms with Crippen molar-refractivity contribution in [2.45, 2.75) is 6.61 Å². The van der Waals surface area contributed by atoms with Crippen molar-refractivity contribution >= 4 is 17.5 Å². The third kappa shape index (κ3) is 4.97. The maximum Gasteiger partial charge on any atom is 0.269 e. The standard InChI is InChI=1S/C24H18N2O5/c27-24(18-4-3-5-20(16-18)25-14-1-2-15-25)13-12-22-10-11-23(31-22)17-30-21-8-6-19(7-9-21)26(28)29/h1-16H,17H2/b13-12+. The summed E-state index contributed by atoms with van der Waals surface area (Å²) in [5.74, 6) is 1.46. The molecule has 4 aromatic rings. The summed E-state index contributed by atoms with van der Waals surface area (Å²) in [6.45, 7) is 0.165. The molecule has 0 unspecified atom stereocenters. The van der Waals surface area contributed by atoms with Crippen LogP contribution in [0.1, 0.15) is 21.9 Å². The smallest absolute Gasteiger partial charge is 0.269 e. The number of ether oxygens (including phenoxy) is 1. The first-order valence-corrected chi connectivity index (χ1v) is 9.50. The number of nitro groups is 1. The van der Waals surface area contributed by atoms with Gasteiger partial charge in [0.2, 0.25) is 0 Å². The number of rotatable bonds is 8. The largest absolute Gasteiger partial charge is 0.486 e. The van der Waals surface area contributed by atoms with Crippen molar-refractivity contribution in [3.8, 4) is 11.4 Å². The molecule has 2 heterocycles. The molecule has 0 saturated heterocycles. The van der Waals surface area contributed by atoms with Gasteiger partial charge in [-0.15, -0.1) is 0 Å². The second kappa shape index (κ2) is 8.96. The molecule has 31 heavy (non-hydrogen) atoms. The molecule has 0 spiro atoms. The van der Waals surface area contributed by atoms with Crippen LogP contribution in [0.4, 0.5) is 5.69 Å². The number of nitro benzene ring substituents is 1. The van der Waals surface area contributed by atoms with Crippen LogP contribution in [0.5, 0.6) is 5.75 Å². The maximum atomic E-state index is 12.5. The molecule has 2 aromatic heterocycles. The Morgan fingerprint density at radius 1 is 1.03 bits per heavy atom. The lowest BCUT2D eigenvalue weighted by Crippen LogP contribution is -1.97. The number of ketones is 1. The third-order valence-electron chi connectivity index (χ3n) is 4.54. The van der Waals surface area contributed by atoms with Gasteiger partial charge in [-0.2, -0.15) is 0 Å². The highest BCUT2D eigenvalue weighted by Gasteiger charge is 2.07. The van der Waals surface area contributed by atoms with E-state index in [1.807, 2.05) is 47.3 Å². The Morgan fingerprint density at radius 3 is 2.55 bits per heavy atom. The first-order chi connectivity index (χ1) is 15.1. The minimum atomic E-state index is -0.465. The summed E-state index contributed by atoms with van der Waals surface area (Å²) in [7, 11) is 0. The molecule has 0 bridgehead atoms. The maximum absolute atomic E-state index is 12.5. The van der Waals surface area contributed by atoms with Gasteiger partial charge in [-0.3, -0.25) is 14.9 Å². The number of hydrogen-bond donors (Lipinski definition) is 0. The molecule has 154 valence electrons. The van der Waals surface area contributed by atoms with E-state index in [-0.39, 0.29) is 18.1 Å². The summed E-state index contributed by atoms with van der Waals surface area (Å²) < 4.78 is 13.2. The highest BCUT2D eigenvalue weighted by molar-refractivity contribution is 6.07. The lowest BCUT2D eigenvalue weighted by atomic mass is 10.1. The fourth-order valence-corrected chi connectivity index (χ4v) is 2.96. The van der Waals surface area contributed by atoms with E-state index in [1.165, 1.54) is 30.3 Å². The van der Waals surface area contributed by atoms with Crippen molar-refractivity contribution in [3.63, 3.8) is 0 Å². The highest BCUT2D eigenvalue weighted by Crippen LogP contribution is 2.19. The number of carbonyl (C=O) groups excluding carboxylic acids is 1. The van der Waals surface area contributed by atoms with Crippen LogP contribution in [-0.4, -0.2) is 15.3 Å². The van der Waals surface area contributed by atoms with Gasteiger partial charge in [-0.25, -0.2) is 0 Å². The Morgan fingerprint density at radius 2 is 1.81 bits per heavy atom. The highest BCUT2D eigenvalue weighted by atomic mass is 16.6. The van der Waals surface area contributed by atoms with Gasteiger partial charge in [-0.05, 0) is 60.7 Å². The Kier molecular flexibility index (Phi) is 5.75. The Bertz CT molecular complexity index is 1220. The van der Waals surface area contributed by atoms with Crippen LogP contribution in [0.25, 0.3) is 11.8 Å². The fourth-order valence-electron chi connectivity index (χ4n) is 2.96. The lowest BCUT2D eigenvalue weighted by Gasteiger charge is -2.04. The summed E-state index contributed by atoms with van der Waals surface area (Å²) in [4.78, 5) is 22.7. The molecule has 4 rings (SSSR count). The minimum absolute atomic E-state index is 0.00124. The Balaban J connectivity index is 1.36. The molecule has 0 aliphatic heterocycles. The zero-order chi connectivity index (χ0) is 21.6. The Hall–Kier alpha value is -4.39. The van der Waals surface area contributed by atoms with Crippen LogP contribution < -0.4 is 4.74 Å². The van der Waals surface area contributed by atoms with E-state index in [4.69, 9.17) is 9.15 Å². The van der Waals surface area contributed by atoms with Crippen molar-refractivity contribution < 1.29 is 18.9 Å². The molecule has 0 aliphatic carbocycles. The number of nitrogens with zero attached hydrogens (tertiary/aromatic N) is 2. The molecular weight excluding hydrogens is 396 g/mol. The molecule has 7 heteroatoms. The SMILES string of the molecule is O=C(/C=C/c1ccc(COc2ccc([N+](=O)[O-])cc2)o1)c1cccc(-n2cccc2)c1. The normalized spacial score (nSPS) is 11.0. The number of carbonyl (C=O) groups is 1. The predicted octanol–water partition coefficient (Wildman–Crippen LogP) is 5.45. The molecule has 2 aromatic carbocycles. The first-order valence-electron chi connectivity index (χ1n) is 9.50. The van der Waals surface area contributed by atoms with Crippen molar-refractivity contribution in [2.75, 3.05) is 0 Å². The van der Waals surface area contributed by atoms with Gasteiger partial charge in [0.25, 0.3) is 5.69 Å². The molecule has 7 nitrogen and oxygen atoms in total. The molecule has 0 aliphatic rings. The third-order valence-corrected chi connectivity index (χ3v) is 4.54. The van der Waals surface area contributed by atoms with E-state index in [0.29, 0.717) is 22.8 Å². The van der Waals surface area contributed by atoms with Crippen LogP contribution in [0.3, 0.4) is 0 Å². The van der Waals surface area contributed by atoms with Gasteiger partial charge in [0, 0.05) is 35.8 Å². The average molecular weight is 414 g/mol. The van der Waals surface area contributed by atoms with E-state index >= 15 is 0 Å². The second-order valence-corrected chi connectivity index (χ2v) is 6.68. The summed E-state index contributed by atoms with van der Waals surface area (Å²) in [6.07, 6.45) is 6.92. The topological polar surface area (TPSA) is 87.5 Å². The summed E-state index contributed by atoms with van der Waals surface area (Å²) >= 11 is 0. The lowest BCUT2D eigenvalue weighted by molar-refractivity contribution is -0.384. The Labute approximate surface area is 178 Å². The van der Waals surface area contributed by atoms with E-state index < -0.39 is 4.92 Å². The van der Waals surface area contributed by atoms with Gasteiger partial charge in [-0.1, -0.05) is 12.1 Å². The molecule has 0 radical (unpaired) electrons. The van der Waals surface area contributed by atoms with Gasteiger partial charge in [0.05, 0.1) is 4.92 Å². The van der Waals surface area contributed by atoms with Crippen molar-refractivity contribution in [3.05, 3.63) is 118 Å². The first kappa shape index (κ1) is 19.9. The summed E-state index contributed by atoms with van der Waals surface area (Å²) in [5.41, 5.74) is 1.49. The molecule has 0 N–H and O–H groups in total. The van der Waals surface area contributed by atoms with Crippen LogP contribution in [0.2, 0.25) is 0 Å². The van der Waals surface area contributed by atoms with E-state index in [1.54, 1.807) is 24.3 Å². The van der Waals surface area contributed by atoms with Crippen molar-refractivity contribution in [1.82, 2.24) is 4.57 Å². The number of allylic oxidation sites excluding steroid dienone is 1. The fraction of sp³-hybridized carbons (Fsp3) is 0.0417. The molecule has 0 fully saturated rings. The second-order valence-electron chi connectivity index (χ2n) is 6.68. The zero-order valence-corrected chi connectivity index (χ0v) is 16.4. The molecule has 0 atom stereocenters. The number of benzene rings is 2. The molecule has 0 saturated carbocycles. The van der Waals surface area contributed by atoms with Crippen molar-refractivity contribution in [1.29, 1.82) is 0 Å². The summed E-state index contributed by atoms with van der Waals surface area (Å²) in [5, 5.41) is 10.7. The van der Waals surface area contributed by atoms with Gasteiger partial charge < -0.3 is 13.7 Å². The monoisotopic (exact) mass is 414 g/mol. The minimum Gasteiger partial charge on any atom is -0.486 e. The van der Waals surface area contributed by atoms with E-state index in [0.717, 1.165) is 5.69 Å². The van der Waals surface area contributed by atoms with Gasteiger partial charge in [0.1, 0.15) is 23.9 Å². The van der Waals surface area contributed by atoms with Crippen molar-refractivity contribution in [2.24, 2.45) is 0 Å². The van der Waals surface area contributed by atoms with E-state index in [2.05, 4.69) is 0 Å². The molecular formula is C24H18N2O5. The van der Waals surface area contributed by atoms with Crippen LogP contribution in [0.15, 0.2) is 95.7 Å². The number of non-ortho nitro benzene ring substituents is 1. The van der Waals surface area contributed by atoms with Gasteiger partial charge in [0.15, 0.2) is 5.78 Å². The number of hydrogen-bond acceptors (Lipinski definition) is 5. The van der Waals surface area contributed by atoms with Crippen LogP contribution in [0, 0.1) is 10.1 Å². The molecule has 0 amide bonds. The van der Waals surface area contributed by atoms with Crippen LogP contribution >= 0.6 is 0 Å². The van der Waals surface area contributed by atoms with Crippen LogP contribution in [-0.2, 0) is 6.61 Å². The number of aromatic nitrogens is 1. The van der Waals surface area contributed by atoms with Gasteiger partial charge >= 0.3 is 0 Å². The average Bonchev–Trinajstić information content (AvgIpc) is 3.49. The summed E-state index contributed by atoms with van der Waals surface area (Å²) in [6, 6.07) is 20.5. The quantitative estimate of drug-likeness (QED) is 0.165. The van der Waals surface area contributed by atoms with E-state index in [9.17, 15) is 14.9 Å². The predicted molar refractivity (Wildman–Crippen MR) is 115 cm³/mol. The zero-order valence-electron chi connectivity index (χ0n) is 16.4. The number of furan rings is 1.